The molecule has 1 saturated heterocycles. The zero-order valence-corrected chi connectivity index (χ0v) is 14.6. The number of carbonyl (C=O) groups excluding carboxylic acids is 1. The lowest BCUT2D eigenvalue weighted by Crippen LogP contribution is -2.42. The van der Waals surface area contributed by atoms with Gasteiger partial charge in [-0.25, -0.2) is 8.42 Å². The van der Waals surface area contributed by atoms with E-state index in [0.29, 0.717) is 30.8 Å². The number of carbonyl (C=O) groups is 1. The molecule has 1 amide bonds. The van der Waals surface area contributed by atoms with Gasteiger partial charge >= 0.3 is 0 Å². The van der Waals surface area contributed by atoms with Gasteiger partial charge in [0.05, 0.1) is 4.90 Å². The first-order chi connectivity index (χ1) is 10.9. The molecule has 2 aliphatic heterocycles. The van der Waals surface area contributed by atoms with E-state index in [0.717, 1.165) is 30.5 Å². The smallest absolute Gasteiger partial charge is 0.243 e. The van der Waals surface area contributed by atoms with E-state index in [1.165, 1.54) is 0 Å². The molecule has 0 unspecified atom stereocenters. The van der Waals surface area contributed by atoms with Gasteiger partial charge in [0.1, 0.15) is 0 Å². The fourth-order valence-corrected chi connectivity index (χ4v) is 5.36. The lowest BCUT2D eigenvalue weighted by atomic mass is 10.0. The van der Waals surface area contributed by atoms with Crippen LogP contribution < -0.4 is 4.90 Å². The van der Waals surface area contributed by atoms with Crippen molar-refractivity contribution in [2.24, 2.45) is 0 Å². The number of anilines is 1. The van der Waals surface area contributed by atoms with Gasteiger partial charge in [0, 0.05) is 31.2 Å². The highest BCUT2D eigenvalue weighted by Gasteiger charge is 2.32. The molecule has 5 nitrogen and oxygen atoms in total. The Bertz CT molecular complexity index is 715. The summed E-state index contributed by atoms with van der Waals surface area (Å²) < 4.78 is 27.5. The Morgan fingerprint density at radius 2 is 2.00 bits per heavy atom. The number of piperidine rings is 1. The quantitative estimate of drug-likeness (QED) is 0.852. The van der Waals surface area contributed by atoms with Crippen LogP contribution in [-0.4, -0.2) is 37.8 Å². The highest BCUT2D eigenvalue weighted by atomic mass is 32.2. The molecule has 126 valence electrons. The summed E-state index contributed by atoms with van der Waals surface area (Å²) in [7, 11) is -3.45. The van der Waals surface area contributed by atoms with E-state index in [2.05, 4.69) is 0 Å². The molecule has 0 bridgehead atoms. The van der Waals surface area contributed by atoms with Crippen LogP contribution in [0.5, 0.6) is 0 Å². The van der Waals surface area contributed by atoms with Crippen LogP contribution in [0.15, 0.2) is 23.1 Å². The molecule has 1 aromatic carbocycles. The number of fused-ring (bicyclic) bond motifs is 1. The van der Waals surface area contributed by atoms with Crippen molar-refractivity contribution in [3.63, 3.8) is 0 Å². The molecule has 2 heterocycles. The first-order valence-corrected chi connectivity index (χ1v) is 9.84. The Balaban J connectivity index is 1.97. The molecule has 2 aliphatic rings. The molecule has 23 heavy (non-hydrogen) atoms. The third-order valence-corrected chi connectivity index (χ3v) is 6.93. The molecule has 0 radical (unpaired) electrons. The van der Waals surface area contributed by atoms with Crippen molar-refractivity contribution in [2.45, 2.75) is 56.9 Å². The second kappa shape index (κ2) is 6.24. The van der Waals surface area contributed by atoms with E-state index >= 15 is 0 Å². The number of aryl methyl sites for hydroxylation is 1. The molecule has 1 fully saturated rings. The topological polar surface area (TPSA) is 57.7 Å². The van der Waals surface area contributed by atoms with Crippen LogP contribution in [0.4, 0.5) is 5.69 Å². The molecule has 1 atom stereocenters. The van der Waals surface area contributed by atoms with Gasteiger partial charge in [0.25, 0.3) is 0 Å². The summed E-state index contributed by atoms with van der Waals surface area (Å²) >= 11 is 0. The van der Waals surface area contributed by atoms with Crippen molar-refractivity contribution in [3.8, 4) is 0 Å². The van der Waals surface area contributed by atoms with E-state index in [-0.39, 0.29) is 11.9 Å². The molecule has 0 saturated carbocycles. The number of hydrogen-bond donors (Lipinski definition) is 0. The minimum atomic E-state index is -3.45. The second-order valence-corrected chi connectivity index (χ2v) is 8.28. The van der Waals surface area contributed by atoms with Gasteiger partial charge in [0.15, 0.2) is 0 Å². The maximum Gasteiger partial charge on any atom is 0.243 e. The highest BCUT2D eigenvalue weighted by molar-refractivity contribution is 7.89. The van der Waals surface area contributed by atoms with Crippen molar-refractivity contribution < 1.29 is 13.2 Å². The Morgan fingerprint density at radius 3 is 2.70 bits per heavy atom. The average molecular weight is 336 g/mol. The fourth-order valence-electron chi connectivity index (χ4n) is 3.61. The summed E-state index contributed by atoms with van der Waals surface area (Å²) in [5, 5.41) is 0. The third-order valence-electron chi connectivity index (χ3n) is 4.92. The van der Waals surface area contributed by atoms with Crippen LogP contribution in [0.3, 0.4) is 0 Å². The normalized spacial score (nSPS) is 23.0. The van der Waals surface area contributed by atoms with Crippen molar-refractivity contribution in [1.29, 1.82) is 0 Å². The van der Waals surface area contributed by atoms with E-state index < -0.39 is 10.0 Å². The zero-order valence-electron chi connectivity index (χ0n) is 13.8. The van der Waals surface area contributed by atoms with Gasteiger partial charge in [-0.2, -0.15) is 4.31 Å². The Labute approximate surface area is 138 Å². The molecule has 3 rings (SSSR count). The summed E-state index contributed by atoms with van der Waals surface area (Å²) in [6.07, 6.45) is 3.99. The summed E-state index contributed by atoms with van der Waals surface area (Å²) in [5.74, 6) is 0.111. The minimum Gasteiger partial charge on any atom is -0.312 e. The molecule has 0 N–H and O–H groups in total. The van der Waals surface area contributed by atoms with Crippen molar-refractivity contribution in [2.75, 3.05) is 18.0 Å². The van der Waals surface area contributed by atoms with Crippen molar-refractivity contribution in [3.05, 3.63) is 23.8 Å². The van der Waals surface area contributed by atoms with Gasteiger partial charge in [0.2, 0.25) is 15.9 Å². The molecular weight excluding hydrogens is 312 g/mol. The second-order valence-electron chi connectivity index (χ2n) is 6.39. The van der Waals surface area contributed by atoms with Crippen LogP contribution >= 0.6 is 0 Å². The first kappa shape index (κ1) is 16.5. The van der Waals surface area contributed by atoms with Crippen LogP contribution in [0.25, 0.3) is 0 Å². The Morgan fingerprint density at radius 1 is 1.22 bits per heavy atom. The highest BCUT2D eigenvalue weighted by Crippen LogP contribution is 2.32. The van der Waals surface area contributed by atoms with E-state index in [9.17, 15) is 13.2 Å². The number of amides is 1. The fraction of sp³-hybridized carbons (Fsp3) is 0.588. The molecule has 0 aromatic heterocycles. The maximum absolute atomic E-state index is 12.9. The SMILES string of the molecule is CCN1C(=O)CCc2cc(S(=O)(=O)N3CCCC[C@H]3C)ccc21. The Kier molecular flexibility index (Phi) is 4.47. The lowest BCUT2D eigenvalue weighted by molar-refractivity contribution is -0.118. The number of hydrogen-bond acceptors (Lipinski definition) is 3. The van der Waals surface area contributed by atoms with Gasteiger partial charge in [-0.05, 0) is 56.9 Å². The number of rotatable bonds is 3. The van der Waals surface area contributed by atoms with Crippen LogP contribution in [0.1, 0.15) is 45.1 Å². The predicted octanol–water partition coefficient (Wildman–Crippen LogP) is 2.55. The summed E-state index contributed by atoms with van der Waals surface area (Å²) in [6.45, 7) is 5.13. The predicted molar refractivity (Wildman–Crippen MR) is 90.0 cm³/mol. The number of benzene rings is 1. The minimum absolute atomic E-state index is 0.0542. The van der Waals surface area contributed by atoms with Gasteiger partial charge < -0.3 is 4.90 Å². The Hall–Kier alpha value is -1.40. The first-order valence-electron chi connectivity index (χ1n) is 8.40. The van der Waals surface area contributed by atoms with Gasteiger partial charge in [-0.15, -0.1) is 0 Å². The summed E-state index contributed by atoms with van der Waals surface area (Å²) in [4.78, 5) is 14.1. The molecular formula is C17H24N2O3S. The van der Waals surface area contributed by atoms with Crippen LogP contribution in [0.2, 0.25) is 0 Å². The zero-order chi connectivity index (χ0) is 16.6. The van der Waals surface area contributed by atoms with Crippen LogP contribution in [0, 0.1) is 0 Å². The van der Waals surface area contributed by atoms with Crippen molar-refractivity contribution >= 4 is 21.6 Å². The van der Waals surface area contributed by atoms with E-state index in [4.69, 9.17) is 0 Å². The number of nitrogens with zero attached hydrogens (tertiary/aromatic N) is 2. The summed E-state index contributed by atoms with van der Waals surface area (Å²) in [5.41, 5.74) is 1.81. The standard InChI is InChI=1S/C17H24N2O3S/c1-3-18-16-9-8-15(12-14(16)7-10-17(18)20)23(21,22)19-11-5-4-6-13(19)2/h8-9,12-13H,3-7,10-11H2,1-2H3/t13-/m1/s1. The molecule has 0 spiro atoms. The van der Waals surface area contributed by atoms with Crippen LogP contribution in [-0.2, 0) is 21.2 Å². The largest absolute Gasteiger partial charge is 0.312 e. The molecule has 6 heteroatoms. The van der Waals surface area contributed by atoms with E-state index in [1.807, 2.05) is 13.8 Å². The van der Waals surface area contributed by atoms with Gasteiger partial charge in [-0.1, -0.05) is 6.42 Å². The number of sulfonamides is 1. The van der Waals surface area contributed by atoms with Crippen molar-refractivity contribution in [1.82, 2.24) is 4.31 Å². The van der Waals surface area contributed by atoms with E-state index in [1.54, 1.807) is 27.4 Å². The maximum atomic E-state index is 12.9. The summed E-state index contributed by atoms with van der Waals surface area (Å²) in [6, 6.07) is 5.26. The molecule has 1 aromatic rings. The average Bonchev–Trinajstić information content (AvgIpc) is 2.54. The van der Waals surface area contributed by atoms with Gasteiger partial charge in [-0.3, -0.25) is 4.79 Å². The monoisotopic (exact) mass is 336 g/mol. The molecule has 0 aliphatic carbocycles. The third kappa shape index (κ3) is 2.90. The lowest BCUT2D eigenvalue weighted by Gasteiger charge is -2.33.